The lowest BCUT2D eigenvalue weighted by Gasteiger charge is -2.26. The first-order valence-electron chi connectivity index (χ1n) is 10.9. The average molecular weight is 481 g/mol. The normalized spacial score (nSPS) is 10.9. The summed E-state index contributed by atoms with van der Waals surface area (Å²) in [6.45, 7) is 5.31. The van der Waals surface area contributed by atoms with Crippen LogP contribution in [0.4, 0.5) is 11.4 Å². The number of hydrogen-bond acceptors (Lipinski definition) is 7. The fourth-order valence-corrected chi connectivity index (χ4v) is 3.23. The van der Waals surface area contributed by atoms with Gasteiger partial charge in [0.15, 0.2) is 12.2 Å². The minimum Gasteiger partial charge on any atom is -0.496 e. The highest BCUT2D eigenvalue weighted by molar-refractivity contribution is 6.39. The Morgan fingerprint density at radius 3 is 2.49 bits per heavy atom. The summed E-state index contributed by atoms with van der Waals surface area (Å²) in [6.07, 6.45) is 3.30. The predicted molar refractivity (Wildman–Crippen MR) is 130 cm³/mol. The van der Waals surface area contributed by atoms with E-state index in [1.165, 1.54) is 20.4 Å². The Kier molecular flexibility index (Phi) is 8.08. The van der Waals surface area contributed by atoms with Gasteiger partial charge in [0.25, 0.3) is 0 Å². The third-order valence-corrected chi connectivity index (χ3v) is 4.97. The Hall–Kier alpha value is -4.34. The smallest absolute Gasteiger partial charge is 0.313 e. The molecule has 1 heterocycles. The molecule has 10 nitrogen and oxygen atoms in total. The molecule has 0 saturated heterocycles. The van der Waals surface area contributed by atoms with Crippen LogP contribution in [0.1, 0.15) is 27.2 Å². The molecule has 0 radical (unpaired) electrons. The quantitative estimate of drug-likeness (QED) is 0.399. The second-order valence-corrected chi connectivity index (χ2v) is 8.38. The fourth-order valence-electron chi connectivity index (χ4n) is 3.23. The van der Waals surface area contributed by atoms with Crippen LogP contribution in [-0.4, -0.2) is 42.0 Å². The summed E-state index contributed by atoms with van der Waals surface area (Å²) < 4.78 is 16.4. The molecule has 3 amide bonds. The lowest BCUT2D eigenvalue weighted by molar-refractivity contribution is -0.137. The second-order valence-electron chi connectivity index (χ2n) is 8.38. The van der Waals surface area contributed by atoms with Crippen LogP contribution in [-0.2, 0) is 14.4 Å². The highest BCUT2D eigenvalue weighted by Gasteiger charge is 2.25. The van der Waals surface area contributed by atoms with Crippen LogP contribution in [0.15, 0.2) is 59.5 Å². The lowest BCUT2D eigenvalue weighted by Crippen LogP contribution is -2.48. The number of ether oxygens (including phenoxy) is 2. The zero-order valence-corrected chi connectivity index (χ0v) is 20.0. The summed E-state index contributed by atoms with van der Waals surface area (Å²) >= 11 is 0. The minimum atomic E-state index is -0.809. The molecule has 2 aromatic carbocycles. The third-order valence-electron chi connectivity index (χ3n) is 4.97. The van der Waals surface area contributed by atoms with Crippen LogP contribution in [0.2, 0.25) is 0 Å². The first-order valence-corrected chi connectivity index (χ1v) is 10.9. The van der Waals surface area contributed by atoms with Gasteiger partial charge < -0.3 is 29.8 Å². The maximum absolute atomic E-state index is 12.5. The van der Waals surface area contributed by atoms with Crippen LogP contribution >= 0.6 is 0 Å². The number of amides is 3. The van der Waals surface area contributed by atoms with Crippen molar-refractivity contribution in [3.8, 4) is 22.8 Å². The highest BCUT2D eigenvalue weighted by atomic mass is 16.5. The molecule has 0 fully saturated rings. The first kappa shape index (κ1) is 25.3. The van der Waals surface area contributed by atoms with E-state index >= 15 is 0 Å². The Morgan fingerprint density at radius 1 is 1.03 bits per heavy atom. The van der Waals surface area contributed by atoms with Gasteiger partial charge in [0, 0.05) is 42.4 Å². The zero-order chi connectivity index (χ0) is 25.4. The van der Waals surface area contributed by atoms with Gasteiger partial charge in [0.05, 0.1) is 25.5 Å². The first-order chi connectivity index (χ1) is 16.7. The van der Waals surface area contributed by atoms with E-state index in [1.54, 1.807) is 62.5 Å². The van der Waals surface area contributed by atoms with E-state index in [2.05, 4.69) is 20.9 Å². The number of methoxy groups -OCH3 is 1. The van der Waals surface area contributed by atoms with Crippen molar-refractivity contribution in [2.24, 2.45) is 0 Å². The van der Waals surface area contributed by atoms with Crippen molar-refractivity contribution in [2.75, 3.05) is 24.4 Å². The molecular weight excluding hydrogens is 452 g/mol. The number of carbonyl (C=O) groups excluding carboxylic acids is 3. The summed E-state index contributed by atoms with van der Waals surface area (Å²) in [5, 5.41) is 7.98. The second kappa shape index (κ2) is 11.2. The summed E-state index contributed by atoms with van der Waals surface area (Å²) in [6, 6.07) is 11.9. The van der Waals surface area contributed by atoms with Crippen LogP contribution in [0.25, 0.3) is 11.3 Å². The summed E-state index contributed by atoms with van der Waals surface area (Å²) in [5.41, 5.74) is 0.976. The minimum absolute atomic E-state index is 0.173. The van der Waals surface area contributed by atoms with Crippen molar-refractivity contribution >= 4 is 29.1 Å². The SMILES string of the molecule is COc1cc(NC(=O)C(=O)NC(C)(C)CCOc2cccc(NC(C)=O)c2)ccc1-c1cnco1. The molecule has 0 aliphatic heterocycles. The lowest BCUT2D eigenvalue weighted by atomic mass is 10.0. The number of oxazole rings is 1. The van der Waals surface area contributed by atoms with Crippen molar-refractivity contribution in [3.63, 3.8) is 0 Å². The van der Waals surface area contributed by atoms with E-state index in [-0.39, 0.29) is 5.91 Å². The summed E-state index contributed by atoms with van der Waals surface area (Å²) in [7, 11) is 1.49. The fraction of sp³-hybridized carbons (Fsp3) is 0.280. The van der Waals surface area contributed by atoms with Gasteiger partial charge in [-0.3, -0.25) is 14.4 Å². The molecule has 0 atom stereocenters. The van der Waals surface area contributed by atoms with Crippen molar-refractivity contribution in [1.82, 2.24) is 10.3 Å². The van der Waals surface area contributed by atoms with Crippen molar-refractivity contribution < 1.29 is 28.3 Å². The Balaban J connectivity index is 1.53. The topological polar surface area (TPSA) is 132 Å². The number of benzene rings is 2. The number of nitrogens with one attached hydrogen (secondary N) is 3. The molecule has 184 valence electrons. The number of rotatable bonds is 9. The summed E-state index contributed by atoms with van der Waals surface area (Å²) in [5.74, 6) is -0.201. The number of nitrogens with zero attached hydrogens (tertiary/aromatic N) is 1. The van der Waals surface area contributed by atoms with E-state index in [9.17, 15) is 14.4 Å². The molecule has 0 aliphatic rings. The van der Waals surface area contributed by atoms with Crippen molar-refractivity contribution in [3.05, 3.63) is 55.1 Å². The molecule has 3 rings (SSSR count). The van der Waals surface area contributed by atoms with Crippen molar-refractivity contribution in [1.29, 1.82) is 0 Å². The van der Waals surface area contributed by atoms with Gasteiger partial charge in [-0.15, -0.1) is 0 Å². The predicted octanol–water partition coefficient (Wildman–Crippen LogP) is 3.61. The van der Waals surface area contributed by atoms with Gasteiger partial charge in [-0.1, -0.05) is 6.07 Å². The maximum atomic E-state index is 12.5. The van der Waals surface area contributed by atoms with Crippen LogP contribution < -0.4 is 25.4 Å². The largest absolute Gasteiger partial charge is 0.496 e. The molecule has 0 saturated carbocycles. The number of anilines is 2. The average Bonchev–Trinajstić information content (AvgIpc) is 3.33. The molecule has 35 heavy (non-hydrogen) atoms. The molecule has 1 aromatic heterocycles. The van der Waals surface area contributed by atoms with E-state index in [1.807, 2.05) is 0 Å². The van der Waals surface area contributed by atoms with Gasteiger partial charge in [-0.25, -0.2) is 4.98 Å². The Bertz CT molecular complexity index is 1190. The zero-order valence-electron chi connectivity index (χ0n) is 20.0. The van der Waals surface area contributed by atoms with Crippen LogP contribution in [0.3, 0.4) is 0 Å². The summed E-state index contributed by atoms with van der Waals surface area (Å²) in [4.78, 5) is 40.0. The molecule has 3 aromatic rings. The monoisotopic (exact) mass is 480 g/mol. The third kappa shape index (κ3) is 7.32. The molecule has 10 heteroatoms. The molecule has 0 spiro atoms. The Morgan fingerprint density at radius 2 is 1.80 bits per heavy atom. The maximum Gasteiger partial charge on any atom is 0.313 e. The molecule has 3 N–H and O–H groups in total. The van der Waals surface area contributed by atoms with E-state index in [0.717, 1.165) is 0 Å². The van der Waals surface area contributed by atoms with Crippen LogP contribution in [0, 0.1) is 0 Å². The van der Waals surface area contributed by atoms with Gasteiger partial charge in [0.2, 0.25) is 5.91 Å². The van der Waals surface area contributed by atoms with Gasteiger partial charge in [-0.05, 0) is 38.1 Å². The molecule has 0 bridgehead atoms. The van der Waals surface area contributed by atoms with E-state index in [4.69, 9.17) is 13.9 Å². The molecule has 0 unspecified atom stereocenters. The van der Waals surface area contributed by atoms with Gasteiger partial charge in [0.1, 0.15) is 11.5 Å². The number of aromatic nitrogens is 1. The van der Waals surface area contributed by atoms with E-state index in [0.29, 0.717) is 47.2 Å². The van der Waals surface area contributed by atoms with Gasteiger partial charge >= 0.3 is 11.8 Å². The molecule has 0 aliphatic carbocycles. The Labute approximate surface area is 203 Å². The van der Waals surface area contributed by atoms with E-state index < -0.39 is 17.4 Å². The highest BCUT2D eigenvalue weighted by Crippen LogP contribution is 2.32. The molecular formula is C25H28N4O6. The van der Waals surface area contributed by atoms with Crippen molar-refractivity contribution in [2.45, 2.75) is 32.7 Å². The number of hydrogen-bond donors (Lipinski definition) is 3. The number of carbonyl (C=O) groups is 3. The standard InChI is InChI=1S/C25H28N4O6/c1-16(30)27-17-6-5-7-19(12-17)34-11-10-25(2,3)29-24(32)23(31)28-18-8-9-20(21(13-18)33-4)22-14-26-15-35-22/h5-9,12-15H,10-11H2,1-4H3,(H,27,30)(H,28,31)(H,29,32). The van der Waals surface area contributed by atoms with Crippen LogP contribution in [0.5, 0.6) is 11.5 Å². The van der Waals surface area contributed by atoms with Gasteiger partial charge in [-0.2, -0.15) is 0 Å².